The zero-order valence-electron chi connectivity index (χ0n) is 36.6. The van der Waals surface area contributed by atoms with Gasteiger partial charge < -0.3 is 4.90 Å². The number of benzene rings is 9. The van der Waals surface area contributed by atoms with Gasteiger partial charge in [0, 0.05) is 27.6 Å². The van der Waals surface area contributed by atoms with Gasteiger partial charge in [0.05, 0.1) is 5.69 Å². The lowest BCUT2D eigenvalue weighted by Crippen LogP contribution is -2.22. The van der Waals surface area contributed by atoms with Crippen LogP contribution < -0.4 is 4.90 Å². The molecule has 0 fully saturated rings. The summed E-state index contributed by atoms with van der Waals surface area (Å²) in [4.78, 5) is 2.49. The molecule has 0 bridgehead atoms. The molecule has 63 heavy (non-hydrogen) atoms. The van der Waals surface area contributed by atoms with Crippen molar-refractivity contribution in [2.45, 2.75) is 50.9 Å². The third-order valence-corrected chi connectivity index (χ3v) is 14.9. The molecule has 0 spiro atoms. The summed E-state index contributed by atoms with van der Waals surface area (Å²) < 4.78 is 0. The first-order valence-corrected chi connectivity index (χ1v) is 22.4. The van der Waals surface area contributed by atoms with E-state index >= 15 is 0 Å². The third-order valence-electron chi connectivity index (χ3n) is 14.9. The van der Waals surface area contributed by atoms with E-state index in [0.29, 0.717) is 0 Å². The van der Waals surface area contributed by atoms with E-state index in [1.807, 2.05) is 0 Å². The third kappa shape index (κ3) is 5.36. The molecule has 0 heterocycles. The van der Waals surface area contributed by atoms with Crippen LogP contribution in [-0.4, -0.2) is 0 Å². The minimum absolute atomic E-state index is 0.0941. The maximum atomic E-state index is 2.49. The molecule has 302 valence electrons. The van der Waals surface area contributed by atoms with Crippen molar-refractivity contribution in [1.29, 1.82) is 0 Å². The van der Waals surface area contributed by atoms with Gasteiger partial charge in [0.1, 0.15) is 0 Å². The lowest BCUT2D eigenvalue weighted by atomic mass is 9.74. The van der Waals surface area contributed by atoms with E-state index in [1.165, 1.54) is 100 Å². The fourth-order valence-electron chi connectivity index (χ4n) is 11.9. The van der Waals surface area contributed by atoms with E-state index in [9.17, 15) is 0 Å². The molecule has 3 aliphatic rings. The lowest BCUT2D eigenvalue weighted by molar-refractivity contribution is 0.661. The molecule has 3 aliphatic carbocycles. The van der Waals surface area contributed by atoms with Crippen molar-refractivity contribution >= 4 is 17.1 Å². The monoisotopic (exact) mass is 807 g/mol. The molecule has 9 aromatic rings. The Labute approximate surface area is 372 Å². The predicted octanol–water partition coefficient (Wildman–Crippen LogP) is 16.4. The van der Waals surface area contributed by atoms with Gasteiger partial charge in [0.15, 0.2) is 0 Å². The smallest absolute Gasteiger partial charge is 0.0508 e. The minimum atomic E-state index is -0.246. The highest BCUT2D eigenvalue weighted by Gasteiger charge is 2.42. The largest absolute Gasteiger partial charge is 0.310 e. The summed E-state index contributed by atoms with van der Waals surface area (Å²) >= 11 is 0. The number of fused-ring (bicyclic) bond motifs is 9. The molecule has 0 radical (unpaired) electrons. The molecule has 1 unspecified atom stereocenters. The first-order chi connectivity index (χ1) is 30.7. The number of hydrogen-bond donors (Lipinski definition) is 0. The summed E-state index contributed by atoms with van der Waals surface area (Å²) in [6.45, 7) is 11.9. The Balaban J connectivity index is 0.977. The molecule has 0 amide bonds. The van der Waals surface area contributed by atoms with E-state index in [2.05, 4.69) is 246 Å². The van der Waals surface area contributed by atoms with E-state index in [-0.39, 0.29) is 16.2 Å². The van der Waals surface area contributed by atoms with Crippen LogP contribution in [-0.2, 0) is 16.2 Å². The molecular weight excluding hydrogens is 759 g/mol. The fraction of sp³-hybridized carbons (Fsp3) is 0.129. The Morgan fingerprint density at radius 1 is 0.302 bits per heavy atom. The molecule has 1 atom stereocenters. The van der Waals surface area contributed by atoms with Gasteiger partial charge in [-0.3, -0.25) is 0 Å². The Hall–Kier alpha value is -7.22. The van der Waals surface area contributed by atoms with Crippen molar-refractivity contribution in [2.24, 2.45) is 0 Å². The van der Waals surface area contributed by atoms with Crippen LogP contribution in [0, 0.1) is 0 Å². The molecule has 0 saturated heterocycles. The summed E-state index contributed by atoms with van der Waals surface area (Å²) in [6.07, 6.45) is 0. The summed E-state index contributed by atoms with van der Waals surface area (Å²) in [6, 6.07) is 77.2. The minimum Gasteiger partial charge on any atom is -0.310 e. The second kappa shape index (κ2) is 13.6. The van der Waals surface area contributed by atoms with Gasteiger partial charge in [0.25, 0.3) is 0 Å². The second-order valence-corrected chi connectivity index (χ2v) is 19.0. The normalized spacial score (nSPS) is 16.7. The lowest BCUT2D eigenvalue weighted by Gasteiger charge is -2.32. The maximum Gasteiger partial charge on any atom is 0.0508 e. The van der Waals surface area contributed by atoms with Crippen LogP contribution >= 0.6 is 0 Å². The Morgan fingerprint density at radius 2 is 0.746 bits per heavy atom. The Kier molecular flexibility index (Phi) is 8.13. The van der Waals surface area contributed by atoms with Crippen molar-refractivity contribution in [1.82, 2.24) is 0 Å². The first-order valence-electron chi connectivity index (χ1n) is 22.4. The average molecular weight is 808 g/mol. The predicted molar refractivity (Wildman–Crippen MR) is 265 cm³/mol. The summed E-state index contributed by atoms with van der Waals surface area (Å²) in [5.41, 5.74) is 25.5. The van der Waals surface area contributed by atoms with Crippen LogP contribution in [0.4, 0.5) is 17.1 Å². The topological polar surface area (TPSA) is 3.24 Å². The van der Waals surface area contributed by atoms with Crippen molar-refractivity contribution in [3.63, 3.8) is 0 Å². The van der Waals surface area contributed by atoms with Crippen LogP contribution in [0.5, 0.6) is 0 Å². The van der Waals surface area contributed by atoms with Crippen LogP contribution in [0.2, 0.25) is 0 Å². The molecular formula is C62H49N. The van der Waals surface area contributed by atoms with E-state index in [4.69, 9.17) is 0 Å². The number of rotatable bonds is 6. The van der Waals surface area contributed by atoms with Crippen molar-refractivity contribution in [3.05, 3.63) is 245 Å². The molecule has 9 aromatic carbocycles. The summed E-state index contributed by atoms with van der Waals surface area (Å²) in [7, 11) is 0. The molecule has 0 N–H and O–H groups in total. The Morgan fingerprint density at radius 3 is 1.38 bits per heavy atom. The van der Waals surface area contributed by atoms with E-state index in [1.54, 1.807) is 0 Å². The maximum absolute atomic E-state index is 2.49. The number of anilines is 3. The van der Waals surface area contributed by atoms with Crippen molar-refractivity contribution in [3.8, 4) is 55.6 Å². The zero-order valence-corrected chi connectivity index (χ0v) is 36.6. The average Bonchev–Trinajstić information content (AvgIpc) is 3.84. The van der Waals surface area contributed by atoms with Gasteiger partial charge >= 0.3 is 0 Å². The van der Waals surface area contributed by atoms with Crippen LogP contribution in [0.1, 0.15) is 73.6 Å². The highest BCUT2D eigenvalue weighted by molar-refractivity contribution is 5.93. The van der Waals surface area contributed by atoms with Crippen LogP contribution in [0.3, 0.4) is 0 Å². The standard InChI is InChI=1S/C62H49N/c1-60(2)53-25-12-9-20-48(53)51-23-15-22-46(58(51)60)41-31-36-45(37-32-41)63(57-28-16-24-52-49-21-10-13-26-54(49)61(3,4)59(52)57)44-34-29-40(30-35-44)42-33-38-50-47-19-11-14-27-55(47)62(5,56(50)39-42)43-17-7-6-8-18-43/h6-39H,1-5H3. The number of hydrogen-bond acceptors (Lipinski definition) is 1. The van der Waals surface area contributed by atoms with Crippen molar-refractivity contribution < 1.29 is 0 Å². The van der Waals surface area contributed by atoms with E-state index in [0.717, 1.165) is 11.4 Å². The van der Waals surface area contributed by atoms with Gasteiger partial charge in [-0.25, -0.2) is 0 Å². The molecule has 0 saturated carbocycles. The highest BCUT2D eigenvalue weighted by atomic mass is 15.1. The summed E-state index contributed by atoms with van der Waals surface area (Å²) in [5.74, 6) is 0. The van der Waals surface area contributed by atoms with Gasteiger partial charge in [-0.1, -0.05) is 198 Å². The first kappa shape index (κ1) is 37.5. The van der Waals surface area contributed by atoms with Crippen molar-refractivity contribution in [2.75, 3.05) is 4.90 Å². The van der Waals surface area contributed by atoms with Crippen LogP contribution in [0.15, 0.2) is 206 Å². The SMILES string of the molecule is CC1(C)c2ccccc2-c2cccc(-c3ccc(N(c4ccc(-c5ccc6c(c5)C(C)(c5ccccc5)c5ccccc5-6)cc4)c4cccc5c4C(C)(C)c4ccccc4-5)cc3)c21. The fourth-order valence-corrected chi connectivity index (χ4v) is 11.9. The van der Waals surface area contributed by atoms with Gasteiger partial charge in [-0.05, 0) is 138 Å². The second-order valence-electron chi connectivity index (χ2n) is 19.0. The molecule has 1 nitrogen and oxygen atoms in total. The van der Waals surface area contributed by atoms with Gasteiger partial charge in [0.2, 0.25) is 0 Å². The van der Waals surface area contributed by atoms with Gasteiger partial charge in [-0.15, -0.1) is 0 Å². The molecule has 12 rings (SSSR count). The zero-order chi connectivity index (χ0) is 42.7. The quantitative estimate of drug-likeness (QED) is 0.162. The van der Waals surface area contributed by atoms with Gasteiger partial charge in [-0.2, -0.15) is 0 Å². The summed E-state index contributed by atoms with van der Waals surface area (Å²) in [5, 5.41) is 0. The molecule has 0 aromatic heterocycles. The molecule has 1 heteroatoms. The van der Waals surface area contributed by atoms with E-state index < -0.39 is 0 Å². The number of nitrogens with zero attached hydrogens (tertiary/aromatic N) is 1. The van der Waals surface area contributed by atoms with Crippen LogP contribution in [0.25, 0.3) is 55.6 Å². The molecule has 0 aliphatic heterocycles. The highest BCUT2D eigenvalue weighted by Crippen LogP contribution is 2.56. The Bertz CT molecular complexity index is 3280.